The third-order valence-corrected chi connectivity index (χ3v) is 3.67. The lowest BCUT2D eigenvalue weighted by molar-refractivity contribution is 0.0635. The zero-order chi connectivity index (χ0) is 16.2. The van der Waals surface area contributed by atoms with Crippen LogP contribution in [0.25, 0.3) is 0 Å². The summed E-state index contributed by atoms with van der Waals surface area (Å²) in [6.45, 7) is 6.19. The van der Waals surface area contributed by atoms with Crippen molar-refractivity contribution in [2.24, 2.45) is 5.92 Å². The topological polar surface area (TPSA) is 50.4 Å². The summed E-state index contributed by atoms with van der Waals surface area (Å²) in [6, 6.07) is 4.64. The van der Waals surface area contributed by atoms with Crippen LogP contribution in [-0.2, 0) is 4.74 Å². The number of anilines is 2. The van der Waals surface area contributed by atoms with E-state index in [0.29, 0.717) is 5.92 Å². The molecule has 1 saturated carbocycles. The van der Waals surface area contributed by atoms with E-state index in [-0.39, 0.29) is 5.69 Å². The van der Waals surface area contributed by atoms with Crippen LogP contribution in [0.3, 0.4) is 0 Å². The second kappa shape index (κ2) is 6.99. The lowest BCUT2D eigenvalue weighted by Crippen LogP contribution is -2.27. The highest BCUT2D eigenvalue weighted by atomic mass is 19.1. The van der Waals surface area contributed by atoms with Crippen molar-refractivity contribution in [2.75, 3.05) is 17.2 Å². The maximum absolute atomic E-state index is 13.8. The molecule has 0 heterocycles. The predicted molar refractivity (Wildman–Crippen MR) is 86.7 cm³/mol. The molecule has 0 radical (unpaired) electrons. The standard InChI is InChI=1S/C17H25FN2O2/c1-17(2,3)22-16(21)20-15-10-13(8-9-14(15)18)19-11-12-6-4-5-7-12/h8-10,12,19H,4-7,11H2,1-3H3,(H,20,21). The van der Waals surface area contributed by atoms with Crippen LogP contribution in [0.5, 0.6) is 0 Å². The number of nitrogens with one attached hydrogen (secondary N) is 2. The Bertz CT molecular complexity index is 520. The van der Waals surface area contributed by atoms with Gasteiger partial charge in [0, 0.05) is 12.2 Å². The van der Waals surface area contributed by atoms with Crippen LogP contribution in [0.4, 0.5) is 20.6 Å². The third-order valence-electron chi connectivity index (χ3n) is 3.67. The number of hydrogen-bond acceptors (Lipinski definition) is 3. The predicted octanol–water partition coefficient (Wildman–Crippen LogP) is 4.77. The molecule has 122 valence electrons. The zero-order valence-electron chi connectivity index (χ0n) is 13.5. The first-order chi connectivity index (χ1) is 10.3. The summed E-state index contributed by atoms with van der Waals surface area (Å²) < 4.78 is 18.9. The summed E-state index contributed by atoms with van der Waals surface area (Å²) in [7, 11) is 0. The summed E-state index contributed by atoms with van der Waals surface area (Å²) in [6.07, 6.45) is 4.43. The van der Waals surface area contributed by atoms with Crippen LogP contribution in [-0.4, -0.2) is 18.2 Å². The van der Waals surface area contributed by atoms with Gasteiger partial charge in [0.05, 0.1) is 5.69 Å². The van der Waals surface area contributed by atoms with Gasteiger partial charge in [0.2, 0.25) is 0 Å². The van der Waals surface area contributed by atoms with Crippen molar-refractivity contribution in [1.82, 2.24) is 0 Å². The van der Waals surface area contributed by atoms with Crippen molar-refractivity contribution in [3.63, 3.8) is 0 Å². The van der Waals surface area contributed by atoms with E-state index in [1.807, 2.05) is 0 Å². The summed E-state index contributed by atoms with van der Waals surface area (Å²) in [4.78, 5) is 11.7. The molecule has 1 amide bonds. The summed E-state index contributed by atoms with van der Waals surface area (Å²) in [5.74, 6) is 0.213. The van der Waals surface area contributed by atoms with Crippen LogP contribution in [0.2, 0.25) is 0 Å². The number of ether oxygens (including phenoxy) is 1. The Morgan fingerprint density at radius 3 is 2.64 bits per heavy atom. The normalized spacial score (nSPS) is 15.6. The smallest absolute Gasteiger partial charge is 0.412 e. The number of benzene rings is 1. The molecule has 0 aliphatic heterocycles. The average Bonchev–Trinajstić information content (AvgIpc) is 2.90. The lowest BCUT2D eigenvalue weighted by Gasteiger charge is -2.20. The van der Waals surface area contributed by atoms with E-state index in [0.717, 1.165) is 12.2 Å². The van der Waals surface area contributed by atoms with Gasteiger partial charge in [-0.05, 0) is 57.7 Å². The lowest BCUT2D eigenvalue weighted by atomic mass is 10.1. The van der Waals surface area contributed by atoms with Gasteiger partial charge in [-0.3, -0.25) is 5.32 Å². The van der Waals surface area contributed by atoms with E-state index in [1.54, 1.807) is 32.9 Å². The monoisotopic (exact) mass is 308 g/mol. The minimum Gasteiger partial charge on any atom is -0.444 e. The third kappa shape index (κ3) is 5.20. The molecule has 1 aromatic carbocycles. The minimum absolute atomic E-state index is 0.130. The summed E-state index contributed by atoms with van der Waals surface area (Å²) >= 11 is 0. The highest BCUT2D eigenvalue weighted by Crippen LogP contribution is 2.26. The number of hydrogen-bond donors (Lipinski definition) is 2. The first-order valence-electron chi connectivity index (χ1n) is 7.87. The van der Waals surface area contributed by atoms with E-state index in [9.17, 15) is 9.18 Å². The van der Waals surface area contributed by atoms with E-state index in [2.05, 4.69) is 10.6 Å². The van der Waals surface area contributed by atoms with Gasteiger partial charge in [0.1, 0.15) is 11.4 Å². The van der Waals surface area contributed by atoms with Crippen LogP contribution < -0.4 is 10.6 Å². The Morgan fingerprint density at radius 1 is 1.32 bits per heavy atom. The molecule has 0 unspecified atom stereocenters. The van der Waals surface area contributed by atoms with Gasteiger partial charge < -0.3 is 10.1 Å². The van der Waals surface area contributed by atoms with Crippen molar-refractivity contribution in [3.05, 3.63) is 24.0 Å². The molecule has 4 nitrogen and oxygen atoms in total. The van der Waals surface area contributed by atoms with Crippen molar-refractivity contribution in [1.29, 1.82) is 0 Å². The average molecular weight is 308 g/mol. The van der Waals surface area contributed by atoms with Crippen LogP contribution in [0.15, 0.2) is 18.2 Å². The van der Waals surface area contributed by atoms with Gasteiger partial charge in [-0.2, -0.15) is 0 Å². The SMILES string of the molecule is CC(C)(C)OC(=O)Nc1cc(NCC2CCCC2)ccc1F. The Balaban J connectivity index is 1.95. The van der Waals surface area contributed by atoms with Gasteiger partial charge in [0.15, 0.2) is 0 Å². The largest absolute Gasteiger partial charge is 0.444 e. The highest BCUT2D eigenvalue weighted by molar-refractivity contribution is 5.85. The molecule has 0 atom stereocenters. The second-order valence-electron chi connectivity index (χ2n) is 6.85. The number of amides is 1. The molecular weight excluding hydrogens is 283 g/mol. The second-order valence-corrected chi connectivity index (χ2v) is 6.85. The molecule has 0 spiro atoms. The zero-order valence-corrected chi connectivity index (χ0v) is 13.5. The highest BCUT2D eigenvalue weighted by Gasteiger charge is 2.18. The molecule has 2 N–H and O–H groups in total. The maximum Gasteiger partial charge on any atom is 0.412 e. The Morgan fingerprint density at radius 2 is 2.00 bits per heavy atom. The van der Waals surface area contributed by atoms with Crippen molar-refractivity contribution in [3.8, 4) is 0 Å². The number of rotatable bonds is 4. The molecule has 1 aliphatic rings. The van der Waals surface area contributed by atoms with Gasteiger partial charge >= 0.3 is 6.09 Å². The van der Waals surface area contributed by atoms with E-state index in [1.165, 1.54) is 31.7 Å². The fourth-order valence-corrected chi connectivity index (χ4v) is 2.62. The van der Waals surface area contributed by atoms with E-state index < -0.39 is 17.5 Å². The number of carbonyl (C=O) groups excluding carboxylic acids is 1. The van der Waals surface area contributed by atoms with Crippen molar-refractivity contribution in [2.45, 2.75) is 52.1 Å². The van der Waals surface area contributed by atoms with Crippen molar-refractivity contribution >= 4 is 17.5 Å². The Kier molecular flexibility index (Phi) is 5.27. The summed E-state index contributed by atoms with van der Waals surface area (Å²) in [5.41, 5.74) is 0.323. The van der Waals surface area contributed by atoms with E-state index >= 15 is 0 Å². The minimum atomic E-state index is -0.653. The number of carbonyl (C=O) groups is 1. The van der Waals surface area contributed by atoms with Crippen LogP contribution >= 0.6 is 0 Å². The van der Waals surface area contributed by atoms with Crippen LogP contribution in [0, 0.1) is 11.7 Å². The molecule has 0 bridgehead atoms. The molecule has 2 rings (SSSR count). The molecule has 5 heteroatoms. The Labute approximate surface area is 131 Å². The quantitative estimate of drug-likeness (QED) is 0.842. The maximum atomic E-state index is 13.8. The van der Waals surface area contributed by atoms with Crippen molar-refractivity contribution < 1.29 is 13.9 Å². The summed E-state index contributed by atoms with van der Waals surface area (Å²) in [5, 5.41) is 5.78. The first-order valence-corrected chi connectivity index (χ1v) is 7.87. The molecule has 1 fully saturated rings. The molecular formula is C17H25FN2O2. The molecule has 1 aliphatic carbocycles. The molecule has 0 saturated heterocycles. The Hall–Kier alpha value is -1.78. The molecule has 0 aromatic heterocycles. The first kappa shape index (κ1) is 16.6. The van der Waals surface area contributed by atoms with Crippen LogP contribution in [0.1, 0.15) is 46.5 Å². The fraction of sp³-hybridized carbons (Fsp3) is 0.588. The van der Waals surface area contributed by atoms with Gasteiger partial charge in [0.25, 0.3) is 0 Å². The van der Waals surface area contributed by atoms with Gasteiger partial charge in [-0.15, -0.1) is 0 Å². The molecule has 22 heavy (non-hydrogen) atoms. The fourth-order valence-electron chi connectivity index (χ4n) is 2.62. The number of halogens is 1. The van der Waals surface area contributed by atoms with Gasteiger partial charge in [-0.25, -0.2) is 9.18 Å². The molecule has 1 aromatic rings. The van der Waals surface area contributed by atoms with E-state index in [4.69, 9.17) is 4.74 Å². The van der Waals surface area contributed by atoms with Gasteiger partial charge in [-0.1, -0.05) is 12.8 Å².